The summed E-state index contributed by atoms with van der Waals surface area (Å²) in [6, 6.07) is -0.144. The fourth-order valence-corrected chi connectivity index (χ4v) is 0.965. The van der Waals surface area contributed by atoms with Gasteiger partial charge in [-0.1, -0.05) is 12.2 Å². The summed E-state index contributed by atoms with van der Waals surface area (Å²) in [4.78, 5) is 10.2. The normalized spacial score (nSPS) is 24.6. The number of carbonyl (C=O) groups is 1. The van der Waals surface area contributed by atoms with Crippen LogP contribution in [0.25, 0.3) is 0 Å². The average Bonchev–Trinajstić information content (AvgIpc) is 1.89. The Hall–Kier alpha value is -0.570. The zero-order valence-corrected chi connectivity index (χ0v) is 6.28. The first-order chi connectivity index (χ1) is 4.34. The van der Waals surface area contributed by atoms with E-state index in [9.17, 15) is 4.79 Å². The van der Waals surface area contributed by atoms with Gasteiger partial charge in [0.2, 0.25) is 0 Å². The molecule has 9 heavy (non-hydrogen) atoms. The standard InChI is InChI=1S/C6H6BrNO/c7-8-4-2-1-3-6(8)5-9/h1-6H. The maximum absolute atomic E-state index is 10.2. The number of hydrogen-bond acceptors (Lipinski definition) is 2. The van der Waals surface area contributed by atoms with Gasteiger partial charge in [-0.3, -0.25) is 0 Å². The number of aldehydes is 1. The minimum atomic E-state index is -0.144. The summed E-state index contributed by atoms with van der Waals surface area (Å²) in [5, 5.41) is 0. The van der Waals surface area contributed by atoms with Crippen LogP contribution in [-0.2, 0) is 4.79 Å². The molecule has 0 fully saturated rings. The number of rotatable bonds is 1. The van der Waals surface area contributed by atoms with E-state index in [1.54, 1.807) is 10.1 Å². The van der Waals surface area contributed by atoms with Gasteiger partial charge in [0.05, 0.1) is 16.1 Å². The predicted octanol–water partition coefficient (Wildman–Crippen LogP) is 1.25. The highest BCUT2D eigenvalue weighted by molar-refractivity contribution is 9.07. The minimum absolute atomic E-state index is 0.144. The summed E-state index contributed by atoms with van der Waals surface area (Å²) in [6.45, 7) is 0. The first-order valence-corrected chi connectivity index (χ1v) is 3.30. The average molecular weight is 188 g/mol. The highest BCUT2D eigenvalue weighted by atomic mass is 79.9. The van der Waals surface area contributed by atoms with Gasteiger partial charge in [-0.2, -0.15) is 0 Å². The lowest BCUT2D eigenvalue weighted by atomic mass is 10.2. The zero-order chi connectivity index (χ0) is 6.69. The Morgan fingerprint density at radius 1 is 1.56 bits per heavy atom. The molecule has 0 N–H and O–H groups in total. The zero-order valence-electron chi connectivity index (χ0n) is 4.70. The SMILES string of the molecule is O=CC1C=CC=CN1Br. The van der Waals surface area contributed by atoms with E-state index in [1.807, 2.05) is 18.2 Å². The van der Waals surface area contributed by atoms with E-state index in [1.165, 1.54) is 0 Å². The Balaban J connectivity index is 2.65. The number of halogens is 1. The maximum Gasteiger partial charge on any atom is 0.147 e. The summed E-state index contributed by atoms with van der Waals surface area (Å²) in [5.41, 5.74) is 0. The molecule has 48 valence electrons. The summed E-state index contributed by atoms with van der Waals surface area (Å²) in [6.07, 6.45) is 8.17. The quantitative estimate of drug-likeness (QED) is 0.455. The molecular weight excluding hydrogens is 182 g/mol. The second-order valence-electron chi connectivity index (χ2n) is 1.70. The van der Waals surface area contributed by atoms with Crippen LogP contribution in [-0.4, -0.2) is 16.3 Å². The van der Waals surface area contributed by atoms with Gasteiger partial charge in [0.1, 0.15) is 12.3 Å². The van der Waals surface area contributed by atoms with E-state index in [0.29, 0.717) is 0 Å². The monoisotopic (exact) mass is 187 g/mol. The first kappa shape index (κ1) is 6.55. The van der Waals surface area contributed by atoms with Crippen molar-refractivity contribution in [2.75, 3.05) is 0 Å². The van der Waals surface area contributed by atoms with Crippen LogP contribution in [0.5, 0.6) is 0 Å². The predicted molar refractivity (Wildman–Crippen MR) is 38.9 cm³/mol. The third-order valence-corrected chi connectivity index (χ3v) is 1.78. The lowest BCUT2D eigenvalue weighted by Gasteiger charge is -2.17. The Labute approximate surface area is 62.2 Å². The van der Waals surface area contributed by atoms with Crippen LogP contribution >= 0.6 is 16.1 Å². The van der Waals surface area contributed by atoms with Crippen molar-refractivity contribution in [2.24, 2.45) is 0 Å². The molecule has 0 saturated carbocycles. The van der Waals surface area contributed by atoms with Gasteiger partial charge in [0.25, 0.3) is 0 Å². The molecule has 0 amide bonds. The fraction of sp³-hybridized carbons (Fsp3) is 0.167. The largest absolute Gasteiger partial charge is 0.302 e. The molecule has 0 spiro atoms. The molecule has 0 bridgehead atoms. The van der Waals surface area contributed by atoms with Crippen molar-refractivity contribution in [3.63, 3.8) is 0 Å². The molecule has 1 aliphatic rings. The van der Waals surface area contributed by atoms with Crippen LogP contribution in [0.3, 0.4) is 0 Å². The van der Waals surface area contributed by atoms with Gasteiger partial charge in [0.15, 0.2) is 0 Å². The second-order valence-corrected chi connectivity index (χ2v) is 2.52. The molecule has 1 aliphatic heterocycles. The van der Waals surface area contributed by atoms with E-state index < -0.39 is 0 Å². The summed E-state index contributed by atoms with van der Waals surface area (Å²) >= 11 is 3.18. The molecule has 0 aromatic rings. The van der Waals surface area contributed by atoms with Crippen LogP contribution in [0.1, 0.15) is 0 Å². The number of allylic oxidation sites excluding steroid dienone is 2. The van der Waals surface area contributed by atoms with Gasteiger partial charge >= 0.3 is 0 Å². The van der Waals surface area contributed by atoms with E-state index >= 15 is 0 Å². The van der Waals surface area contributed by atoms with E-state index in [2.05, 4.69) is 16.1 Å². The highest BCUT2D eigenvalue weighted by Crippen LogP contribution is 2.10. The molecule has 0 aliphatic carbocycles. The third kappa shape index (κ3) is 1.42. The molecule has 1 unspecified atom stereocenters. The Morgan fingerprint density at radius 3 is 2.78 bits per heavy atom. The van der Waals surface area contributed by atoms with Crippen molar-refractivity contribution in [3.8, 4) is 0 Å². The lowest BCUT2D eigenvalue weighted by molar-refractivity contribution is -0.109. The molecule has 0 aromatic heterocycles. The topological polar surface area (TPSA) is 20.3 Å². The third-order valence-electron chi connectivity index (χ3n) is 1.07. The molecule has 3 heteroatoms. The van der Waals surface area contributed by atoms with E-state index in [-0.39, 0.29) is 6.04 Å². The van der Waals surface area contributed by atoms with Gasteiger partial charge in [0, 0.05) is 6.20 Å². The van der Waals surface area contributed by atoms with Crippen LogP contribution in [0.15, 0.2) is 24.4 Å². The Kier molecular flexibility index (Phi) is 2.05. The van der Waals surface area contributed by atoms with E-state index in [0.717, 1.165) is 6.29 Å². The van der Waals surface area contributed by atoms with Crippen LogP contribution < -0.4 is 0 Å². The second kappa shape index (κ2) is 2.82. The lowest BCUT2D eigenvalue weighted by Crippen LogP contribution is -2.22. The molecule has 1 heterocycles. The minimum Gasteiger partial charge on any atom is -0.302 e. The molecular formula is C6H6BrNO. The van der Waals surface area contributed by atoms with E-state index in [4.69, 9.17) is 0 Å². The molecule has 0 saturated heterocycles. The number of hydrogen-bond donors (Lipinski definition) is 0. The maximum atomic E-state index is 10.2. The fourth-order valence-electron chi connectivity index (χ4n) is 0.595. The Morgan fingerprint density at radius 2 is 2.33 bits per heavy atom. The number of carbonyl (C=O) groups excluding carboxylic acids is 1. The van der Waals surface area contributed by atoms with Crippen molar-refractivity contribution in [1.82, 2.24) is 3.93 Å². The van der Waals surface area contributed by atoms with Crippen molar-refractivity contribution >= 4 is 22.4 Å². The van der Waals surface area contributed by atoms with Crippen LogP contribution in [0.4, 0.5) is 0 Å². The molecule has 1 rings (SSSR count). The van der Waals surface area contributed by atoms with Gasteiger partial charge < -0.3 is 8.72 Å². The smallest absolute Gasteiger partial charge is 0.147 e. The van der Waals surface area contributed by atoms with Crippen LogP contribution in [0.2, 0.25) is 0 Å². The summed E-state index contributed by atoms with van der Waals surface area (Å²) in [7, 11) is 0. The first-order valence-electron chi connectivity index (χ1n) is 2.59. The molecule has 2 nitrogen and oxygen atoms in total. The Bertz CT molecular complexity index is 164. The summed E-state index contributed by atoms with van der Waals surface area (Å²) in [5.74, 6) is 0. The summed E-state index contributed by atoms with van der Waals surface area (Å²) < 4.78 is 1.67. The highest BCUT2D eigenvalue weighted by Gasteiger charge is 2.08. The van der Waals surface area contributed by atoms with Gasteiger partial charge in [-0.25, -0.2) is 0 Å². The molecule has 0 radical (unpaired) electrons. The molecule has 1 atom stereocenters. The van der Waals surface area contributed by atoms with Crippen molar-refractivity contribution in [3.05, 3.63) is 24.4 Å². The van der Waals surface area contributed by atoms with Crippen molar-refractivity contribution in [1.29, 1.82) is 0 Å². The van der Waals surface area contributed by atoms with Crippen LogP contribution in [0, 0.1) is 0 Å². The van der Waals surface area contributed by atoms with Crippen molar-refractivity contribution in [2.45, 2.75) is 6.04 Å². The van der Waals surface area contributed by atoms with Gasteiger partial charge in [-0.15, -0.1) is 0 Å². The van der Waals surface area contributed by atoms with Crippen molar-refractivity contribution < 1.29 is 4.79 Å². The molecule has 0 aromatic carbocycles. The van der Waals surface area contributed by atoms with Gasteiger partial charge in [-0.05, 0) is 6.08 Å². The number of nitrogens with zero attached hydrogens (tertiary/aromatic N) is 1.